The monoisotopic (exact) mass is 424 g/mol. The second kappa shape index (κ2) is 8.74. The maximum atomic E-state index is 12.5. The van der Waals surface area contributed by atoms with E-state index in [2.05, 4.69) is 4.72 Å². The third-order valence-electron chi connectivity index (χ3n) is 2.96. The highest BCUT2D eigenvalue weighted by atomic mass is 32.2. The van der Waals surface area contributed by atoms with E-state index in [9.17, 15) is 30.0 Å². The van der Waals surface area contributed by atoms with Crippen LogP contribution in [0, 0.1) is 10.8 Å². The molecule has 0 atom stereocenters. The van der Waals surface area contributed by atoms with Gasteiger partial charge in [0.2, 0.25) is 20.0 Å². The number of nitrogens with one attached hydrogen (secondary N) is 1. The number of nitrogens with zero attached hydrogens (tertiary/aromatic N) is 1. The largest absolute Gasteiger partial charge is 0.390 e. The minimum atomic E-state index is -4.50. The molecule has 158 valence electrons. The summed E-state index contributed by atoms with van der Waals surface area (Å²) in [6, 6.07) is 0. The summed E-state index contributed by atoms with van der Waals surface area (Å²) in [5.41, 5.74) is -1.14. The molecule has 0 rings (SSSR count). The van der Waals surface area contributed by atoms with Crippen molar-refractivity contribution < 1.29 is 30.0 Å². The maximum Gasteiger partial charge on any atom is 0.390 e. The van der Waals surface area contributed by atoms with Crippen molar-refractivity contribution in [2.45, 2.75) is 54.1 Å². The standard InChI is InChI=1S/C15H31F3N2O4S2/c1-13(2,3)11-25(21,22)19-8-10-20(9-7-15(16,17)18)26(23,24)12-14(4,5)6/h19H,7-12H2,1-6H3. The molecule has 0 saturated heterocycles. The van der Waals surface area contributed by atoms with Gasteiger partial charge in [-0.25, -0.2) is 25.9 Å². The number of hydrogen-bond acceptors (Lipinski definition) is 4. The summed E-state index contributed by atoms with van der Waals surface area (Å²) < 4.78 is 89.3. The van der Waals surface area contributed by atoms with Gasteiger partial charge >= 0.3 is 6.18 Å². The molecule has 0 radical (unpaired) electrons. The van der Waals surface area contributed by atoms with Crippen LogP contribution >= 0.6 is 0 Å². The molecule has 0 bridgehead atoms. The Labute approximate surface area is 155 Å². The quantitative estimate of drug-likeness (QED) is 0.617. The Bertz CT molecular complexity index is 646. The van der Waals surface area contributed by atoms with Gasteiger partial charge < -0.3 is 0 Å². The lowest BCUT2D eigenvalue weighted by Crippen LogP contribution is -2.44. The van der Waals surface area contributed by atoms with E-state index in [4.69, 9.17) is 0 Å². The zero-order chi connectivity index (χ0) is 21.0. The first-order valence-electron chi connectivity index (χ1n) is 8.24. The van der Waals surface area contributed by atoms with E-state index in [1.54, 1.807) is 41.5 Å². The van der Waals surface area contributed by atoms with Crippen LogP contribution in [0.5, 0.6) is 0 Å². The van der Waals surface area contributed by atoms with Crippen molar-refractivity contribution in [1.29, 1.82) is 0 Å². The van der Waals surface area contributed by atoms with E-state index >= 15 is 0 Å². The van der Waals surface area contributed by atoms with E-state index < -0.39 is 50.0 Å². The van der Waals surface area contributed by atoms with Gasteiger partial charge in [-0.2, -0.15) is 13.2 Å². The first-order chi connectivity index (χ1) is 11.2. The Kier molecular flexibility index (Phi) is 8.61. The molecule has 6 nitrogen and oxygen atoms in total. The van der Waals surface area contributed by atoms with Crippen molar-refractivity contribution in [3.05, 3.63) is 0 Å². The molecule has 0 aliphatic carbocycles. The summed E-state index contributed by atoms with van der Waals surface area (Å²) in [6.45, 7) is 8.83. The molecular weight excluding hydrogens is 393 g/mol. The van der Waals surface area contributed by atoms with Gasteiger partial charge in [-0.05, 0) is 10.8 Å². The number of halogens is 3. The molecule has 0 unspecified atom stereocenters. The van der Waals surface area contributed by atoms with Crippen molar-refractivity contribution in [1.82, 2.24) is 9.03 Å². The van der Waals surface area contributed by atoms with E-state index in [0.29, 0.717) is 4.31 Å². The van der Waals surface area contributed by atoms with E-state index in [-0.39, 0.29) is 24.6 Å². The highest BCUT2D eigenvalue weighted by Gasteiger charge is 2.33. The van der Waals surface area contributed by atoms with Crippen LogP contribution in [0.3, 0.4) is 0 Å². The molecule has 1 N–H and O–H groups in total. The predicted octanol–water partition coefficient (Wildman–Crippen LogP) is 2.58. The topological polar surface area (TPSA) is 83.6 Å². The van der Waals surface area contributed by atoms with Crippen molar-refractivity contribution >= 4 is 20.0 Å². The normalized spacial score (nSPS) is 14.8. The number of hydrogen-bond donors (Lipinski definition) is 1. The summed E-state index contributed by atoms with van der Waals surface area (Å²) in [5, 5.41) is 0. The average Bonchev–Trinajstić information content (AvgIpc) is 2.25. The lowest BCUT2D eigenvalue weighted by Gasteiger charge is -2.27. The summed E-state index contributed by atoms with van der Waals surface area (Å²) in [4.78, 5) is 0. The second-order valence-corrected chi connectivity index (χ2v) is 12.6. The van der Waals surface area contributed by atoms with Gasteiger partial charge in [0.1, 0.15) is 0 Å². The van der Waals surface area contributed by atoms with Crippen LogP contribution < -0.4 is 4.72 Å². The first kappa shape index (κ1) is 25.6. The molecule has 0 aliphatic rings. The molecule has 0 amide bonds. The van der Waals surface area contributed by atoms with E-state index in [1.165, 1.54) is 0 Å². The molecule has 0 fully saturated rings. The predicted molar refractivity (Wildman–Crippen MR) is 96.7 cm³/mol. The summed E-state index contributed by atoms with van der Waals surface area (Å²) in [5.74, 6) is -0.496. The number of sulfonamides is 2. The molecule has 0 heterocycles. The van der Waals surface area contributed by atoms with Crippen LogP contribution in [0.15, 0.2) is 0 Å². The zero-order valence-corrected chi connectivity index (χ0v) is 17.9. The molecule has 0 saturated carbocycles. The lowest BCUT2D eigenvalue weighted by atomic mass is 10.0. The van der Waals surface area contributed by atoms with Gasteiger partial charge in [0.25, 0.3) is 0 Å². The molecular formula is C15H31F3N2O4S2. The summed E-state index contributed by atoms with van der Waals surface area (Å²) >= 11 is 0. The molecule has 0 spiro atoms. The summed E-state index contributed by atoms with van der Waals surface area (Å²) in [6.07, 6.45) is -5.79. The van der Waals surface area contributed by atoms with Crippen LogP contribution in [-0.4, -0.2) is 58.5 Å². The average molecular weight is 425 g/mol. The molecule has 0 aromatic rings. The minimum absolute atomic E-state index is 0.169. The summed E-state index contributed by atoms with van der Waals surface area (Å²) in [7, 11) is -7.61. The Morgan fingerprint density at radius 3 is 1.65 bits per heavy atom. The minimum Gasteiger partial charge on any atom is -0.214 e. The van der Waals surface area contributed by atoms with Crippen LogP contribution in [0.25, 0.3) is 0 Å². The third-order valence-corrected chi connectivity index (χ3v) is 7.23. The van der Waals surface area contributed by atoms with Gasteiger partial charge in [-0.15, -0.1) is 0 Å². The SMILES string of the molecule is CC(C)(C)CS(=O)(=O)NCCN(CCC(F)(F)F)S(=O)(=O)CC(C)(C)C. The van der Waals surface area contributed by atoms with Gasteiger partial charge in [-0.3, -0.25) is 0 Å². The van der Waals surface area contributed by atoms with Crippen molar-refractivity contribution in [2.24, 2.45) is 10.8 Å². The molecule has 0 aromatic carbocycles. The van der Waals surface area contributed by atoms with E-state index in [1.807, 2.05) is 0 Å². The van der Waals surface area contributed by atoms with Gasteiger partial charge in [0.05, 0.1) is 17.9 Å². The smallest absolute Gasteiger partial charge is 0.214 e. The molecule has 26 heavy (non-hydrogen) atoms. The highest BCUT2D eigenvalue weighted by molar-refractivity contribution is 7.89. The second-order valence-electron chi connectivity index (χ2n) is 8.80. The number of alkyl halides is 3. The maximum absolute atomic E-state index is 12.5. The molecule has 0 aliphatic heterocycles. The Balaban J connectivity index is 5.09. The Morgan fingerprint density at radius 2 is 1.27 bits per heavy atom. The fourth-order valence-electron chi connectivity index (χ4n) is 2.23. The van der Waals surface area contributed by atoms with E-state index in [0.717, 1.165) is 0 Å². The highest BCUT2D eigenvalue weighted by Crippen LogP contribution is 2.23. The fraction of sp³-hybridized carbons (Fsp3) is 1.00. The van der Waals surface area contributed by atoms with Gasteiger partial charge in [-0.1, -0.05) is 41.5 Å². The zero-order valence-electron chi connectivity index (χ0n) is 16.3. The molecule has 0 aromatic heterocycles. The number of rotatable bonds is 9. The third kappa shape index (κ3) is 12.9. The Hall–Kier alpha value is -0.390. The molecule has 11 heteroatoms. The Morgan fingerprint density at radius 1 is 0.808 bits per heavy atom. The van der Waals surface area contributed by atoms with Gasteiger partial charge in [0, 0.05) is 19.6 Å². The van der Waals surface area contributed by atoms with Crippen LogP contribution in [0.1, 0.15) is 48.0 Å². The van der Waals surface area contributed by atoms with Crippen LogP contribution in [-0.2, 0) is 20.0 Å². The van der Waals surface area contributed by atoms with Crippen molar-refractivity contribution in [2.75, 3.05) is 31.1 Å². The van der Waals surface area contributed by atoms with Crippen molar-refractivity contribution in [3.8, 4) is 0 Å². The van der Waals surface area contributed by atoms with Crippen LogP contribution in [0.4, 0.5) is 13.2 Å². The van der Waals surface area contributed by atoms with Crippen molar-refractivity contribution in [3.63, 3.8) is 0 Å². The fourth-order valence-corrected chi connectivity index (χ4v) is 5.89. The lowest BCUT2D eigenvalue weighted by molar-refractivity contribution is -0.135. The van der Waals surface area contributed by atoms with Crippen LogP contribution in [0.2, 0.25) is 0 Å². The van der Waals surface area contributed by atoms with Gasteiger partial charge in [0.15, 0.2) is 0 Å². The first-order valence-corrected chi connectivity index (χ1v) is 11.5.